The van der Waals surface area contributed by atoms with Gasteiger partial charge in [0.1, 0.15) is 29.8 Å². The molecular formula is C25H29FN8O. The van der Waals surface area contributed by atoms with Crippen LogP contribution in [0.4, 0.5) is 16.0 Å². The van der Waals surface area contributed by atoms with Gasteiger partial charge >= 0.3 is 0 Å². The lowest BCUT2D eigenvalue weighted by Crippen LogP contribution is -2.28. The van der Waals surface area contributed by atoms with Crippen LogP contribution in [0.5, 0.6) is 0 Å². The first-order valence-electron chi connectivity index (χ1n) is 12.3. The van der Waals surface area contributed by atoms with E-state index < -0.39 is 6.67 Å². The molecule has 0 saturated carbocycles. The van der Waals surface area contributed by atoms with Gasteiger partial charge in [-0.05, 0) is 51.3 Å². The lowest BCUT2D eigenvalue weighted by molar-refractivity contribution is 0.0996. The summed E-state index contributed by atoms with van der Waals surface area (Å²) in [6, 6.07) is 7.19. The lowest BCUT2D eigenvalue weighted by Gasteiger charge is -2.24. The normalized spacial score (nSPS) is 22.1. The van der Waals surface area contributed by atoms with Crippen molar-refractivity contribution in [1.29, 1.82) is 0 Å². The first-order chi connectivity index (χ1) is 17.0. The number of anilines is 2. The Hall–Kier alpha value is -3.40. The molecule has 6 heterocycles. The maximum Gasteiger partial charge on any atom is 0.260 e. The molecule has 9 nitrogen and oxygen atoms in total. The molecule has 1 saturated heterocycles. The molecular weight excluding hydrogens is 447 g/mol. The molecule has 0 bridgehead atoms. The van der Waals surface area contributed by atoms with Gasteiger partial charge in [-0.2, -0.15) is 0 Å². The van der Waals surface area contributed by atoms with Crippen molar-refractivity contribution in [2.45, 2.75) is 64.2 Å². The Bertz CT molecular complexity index is 1300. The fourth-order valence-electron chi connectivity index (χ4n) is 5.61. The summed E-state index contributed by atoms with van der Waals surface area (Å²) in [6.07, 6.45) is 3.63. The van der Waals surface area contributed by atoms with E-state index in [0.717, 1.165) is 42.3 Å². The van der Waals surface area contributed by atoms with Crippen LogP contribution in [-0.2, 0) is 13.0 Å². The van der Waals surface area contributed by atoms with Crippen molar-refractivity contribution in [2.24, 2.45) is 5.73 Å². The van der Waals surface area contributed by atoms with E-state index in [4.69, 9.17) is 15.7 Å². The van der Waals surface area contributed by atoms with Crippen molar-refractivity contribution in [3.05, 3.63) is 46.9 Å². The number of aromatic nitrogens is 5. The third kappa shape index (κ3) is 3.50. The highest BCUT2D eigenvalue weighted by Gasteiger charge is 2.35. The number of alkyl halides is 1. The molecule has 3 atom stereocenters. The number of halogens is 1. The number of fused-ring (bicyclic) bond motifs is 2. The van der Waals surface area contributed by atoms with Crippen LogP contribution < -0.4 is 15.5 Å². The van der Waals surface area contributed by atoms with E-state index in [1.54, 1.807) is 4.90 Å². The topological polar surface area (TPSA) is 106 Å². The van der Waals surface area contributed by atoms with E-state index in [2.05, 4.69) is 22.0 Å². The van der Waals surface area contributed by atoms with Crippen molar-refractivity contribution >= 4 is 17.5 Å². The zero-order chi connectivity index (χ0) is 24.3. The summed E-state index contributed by atoms with van der Waals surface area (Å²) in [6.45, 7) is 4.90. The minimum atomic E-state index is -0.470. The van der Waals surface area contributed by atoms with Crippen molar-refractivity contribution in [3.63, 3.8) is 0 Å². The summed E-state index contributed by atoms with van der Waals surface area (Å²) in [5, 5.41) is 8.51. The minimum absolute atomic E-state index is 0.116. The zero-order valence-corrected chi connectivity index (χ0v) is 20.0. The average molecular weight is 477 g/mol. The molecule has 0 radical (unpaired) electrons. The van der Waals surface area contributed by atoms with Gasteiger partial charge in [-0.3, -0.25) is 9.69 Å². The van der Waals surface area contributed by atoms with Gasteiger partial charge in [-0.25, -0.2) is 14.4 Å². The number of amides is 1. The summed E-state index contributed by atoms with van der Waals surface area (Å²) in [4.78, 5) is 27.2. The van der Waals surface area contributed by atoms with E-state index in [1.807, 2.05) is 35.8 Å². The van der Waals surface area contributed by atoms with Crippen LogP contribution in [0.25, 0.3) is 11.5 Å². The maximum atomic E-state index is 13.6. The van der Waals surface area contributed by atoms with Crippen molar-refractivity contribution in [2.75, 3.05) is 23.0 Å². The second-order valence-corrected chi connectivity index (χ2v) is 9.79. The molecule has 10 heteroatoms. The molecule has 2 N–H and O–H groups in total. The van der Waals surface area contributed by atoms with Gasteiger partial charge in [0.15, 0.2) is 5.82 Å². The third-order valence-corrected chi connectivity index (χ3v) is 7.46. The predicted molar refractivity (Wildman–Crippen MR) is 130 cm³/mol. The van der Waals surface area contributed by atoms with Crippen LogP contribution >= 0.6 is 0 Å². The largest absolute Gasteiger partial charge is 0.354 e. The summed E-state index contributed by atoms with van der Waals surface area (Å²) < 4.78 is 15.4. The number of hydrogen-bond donors (Lipinski definition) is 1. The molecule has 6 rings (SSSR count). The average Bonchev–Trinajstić information content (AvgIpc) is 3.63. The van der Waals surface area contributed by atoms with E-state index in [-0.39, 0.29) is 18.0 Å². The second-order valence-electron chi connectivity index (χ2n) is 9.79. The van der Waals surface area contributed by atoms with Crippen molar-refractivity contribution in [1.82, 2.24) is 24.7 Å². The molecule has 3 aromatic heterocycles. The molecule has 0 aliphatic carbocycles. The highest BCUT2D eigenvalue weighted by Crippen LogP contribution is 2.36. The number of rotatable bonds is 5. The molecule has 1 fully saturated rings. The summed E-state index contributed by atoms with van der Waals surface area (Å²) in [7, 11) is 0. The van der Waals surface area contributed by atoms with Crippen molar-refractivity contribution in [3.8, 4) is 11.5 Å². The number of hydrogen-bond acceptors (Lipinski definition) is 7. The van der Waals surface area contributed by atoms with E-state index >= 15 is 0 Å². The number of pyridine rings is 2. The quantitative estimate of drug-likeness (QED) is 0.602. The second kappa shape index (κ2) is 8.37. The molecule has 0 spiro atoms. The summed E-state index contributed by atoms with van der Waals surface area (Å²) >= 11 is 0. The van der Waals surface area contributed by atoms with Gasteiger partial charge in [0, 0.05) is 30.6 Å². The standard InChI is InChI=1S/C25H29FN8O/c1-14-5-4-10-32(14)22-11-17-18(23(29-22)15(2)27)13-33(25(17)35)20-7-3-6-19(28-20)24-31-30-21-9-8-16(12-26)34(21)24/h3,6-7,11,14-16H,4-5,8-10,12-13,27H2,1-2H3/t14-,15+,16-/m1/s1. The van der Waals surface area contributed by atoms with E-state index in [9.17, 15) is 9.18 Å². The van der Waals surface area contributed by atoms with Crippen LogP contribution in [0, 0.1) is 0 Å². The Morgan fingerprint density at radius 3 is 2.80 bits per heavy atom. The van der Waals surface area contributed by atoms with Crippen LogP contribution in [-0.4, -0.2) is 49.9 Å². The molecule has 3 aromatic rings. The first kappa shape index (κ1) is 22.1. The number of carbonyl (C=O) groups excluding carboxylic acids is 1. The first-order valence-corrected chi connectivity index (χ1v) is 12.3. The van der Waals surface area contributed by atoms with E-state index in [1.165, 1.54) is 0 Å². The van der Waals surface area contributed by atoms with Crippen LogP contribution in [0.15, 0.2) is 24.3 Å². The molecule has 182 valence electrons. The SMILES string of the molecule is C[C@H](N)c1nc(N2CCC[C@H]2C)cc2c1CN(c1cccc(-c3nnc4n3[C@@H](CF)CC4)n1)C2=O. The van der Waals surface area contributed by atoms with Gasteiger partial charge in [0.25, 0.3) is 5.91 Å². The Labute approximate surface area is 203 Å². The Morgan fingerprint density at radius 2 is 2.06 bits per heavy atom. The van der Waals surface area contributed by atoms with Gasteiger partial charge in [-0.1, -0.05) is 6.07 Å². The fourth-order valence-corrected chi connectivity index (χ4v) is 5.61. The molecule has 0 aromatic carbocycles. The monoisotopic (exact) mass is 476 g/mol. The number of aryl methyl sites for hydroxylation is 1. The zero-order valence-electron chi connectivity index (χ0n) is 20.0. The van der Waals surface area contributed by atoms with Gasteiger partial charge < -0.3 is 15.2 Å². The lowest BCUT2D eigenvalue weighted by atomic mass is 10.0. The molecule has 1 amide bonds. The molecule has 35 heavy (non-hydrogen) atoms. The molecule has 3 aliphatic heterocycles. The summed E-state index contributed by atoms with van der Waals surface area (Å²) in [5.41, 5.74) is 9.13. The summed E-state index contributed by atoms with van der Waals surface area (Å²) in [5.74, 6) is 2.53. The van der Waals surface area contributed by atoms with E-state index in [0.29, 0.717) is 48.3 Å². The minimum Gasteiger partial charge on any atom is -0.354 e. The fraction of sp³-hybridized carbons (Fsp3) is 0.480. The highest BCUT2D eigenvalue weighted by atomic mass is 19.1. The number of carbonyl (C=O) groups is 1. The van der Waals surface area contributed by atoms with Gasteiger partial charge in [0.2, 0.25) is 0 Å². The Kier molecular flexibility index (Phi) is 5.28. The number of nitrogens with two attached hydrogens (primary N) is 1. The van der Waals surface area contributed by atoms with Crippen LogP contribution in [0.2, 0.25) is 0 Å². The van der Waals surface area contributed by atoms with Crippen LogP contribution in [0.3, 0.4) is 0 Å². The maximum absolute atomic E-state index is 13.6. The smallest absolute Gasteiger partial charge is 0.260 e. The predicted octanol–water partition coefficient (Wildman–Crippen LogP) is 3.36. The van der Waals surface area contributed by atoms with Gasteiger partial charge in [0.05, 0.1) is 23.8 Å². The Morgan fingerprint density at radius 1 is 1.20 bits per heavy atom. The third-order valence-electron chi connectivity index (χ3n) is 7.46. The highest BCUT2D eigenvalue weighted by molar-refractivity contribution is 6.10. The number of nitrogens with zero attached hydrogens (tertiary/aromatic N) is 7. The molecule has 0 unspecified atom stereocenters. The van der Waals surface area contributed by atoms with Gasteiger partial charge in [-0.15, -0.1) is 10.2 Å². The van der Waals surface area contributed by atoms with Crippen molar-refractivity contribution < 1.29 is 9.18 Å². The Balaban J connectivity index is 1.37. The molecule has 3 aliphatic rings. The van der Waals surface area contributed by atoms with Crippen LogP contribution in [0.1, 0.15) is 72.6 Å².